The molecule has 0 aliphatic heterocycles. The van der Waals surface area contributed by atoms with Crippen molar-refractivity contribution in [3.63, 3.8) is 0 Å². The minimum atomic E-state index is -4.19. The Morgan fingerprint density at radius 1 is 1.26 bits per heavy atom. The second-order valence-corrected chi connectivity index (χ2v) is 4.87. The van der Waals surface area contributed by atoms with Crippen LogP contribution in [-0.2, 0) is 0 Å². The Bertz CT molecular complexity index is 396. The highest BCUT2D eigenvalue weighted by Crippen LogP contribution is 2.45. The third-order valence-electron chi connectivity index (χ3n) is 3.75. The molecule has 3 atom stereocenters. The molecule has 19 heavy (non-hydrogen) atoms. The van der Waals surface area contributed by atoms with Gasteiger partial charge in [-0.25, -0.2) is 0 Å². The molecule has 0 saturated heterocycles. The number of nitrogens with one attached hydrogen (secondary N) is 1. The maximum absolute atomic E-state index is 13.1. The monoisotopic (exact) mass is 274 g/mol. The zero-order chi connectivity index (χ0) is 13.9. The highest BCUT2D eigenvalue weighted by Gasteiger charge is 2.48. The molecule has 0 radical (unpaired) electrons. The van der Waals surface area contributed by atoms with E-state index in [1.807, 2.05) is 0 Å². The fourth-order valence-electron chi connectivity index (χ4n) is 2.86. The van der Waals surface area contributed by atoms with Crippen LogP contribution < -0.4 is 11.3 Å². The quantitative estimate of drug-likeness (QED) is 0.656. The van der Waals surface area contributed by atoms with Crippen molar-refractivity contribution in [2.45, 2.75) is 37.9 Å². The van der Waals surface area contributed by atoms with Crippen LogP contribution in [-0.4, -0.2) is 16.1 Å². The van der Waals surface area contributed by atoms with Gasteiger partial charge in [0.25, 0.3) is 0 Å². The maximum atomic E-state index is 13.1. The Morgan fingerprint density at radius 3 is 2.58 bits per heavy atom. The number of aromatic nitrogens is 2. The van der Waals surface area contributed by atoms with Gasteiger partial charge in [0.05, 0.1) is 23.9 Å². The largest absolute Gasteiger partial charge is 0.392 e. The highest BCUT2D eigenvalue weighted by atomic mass is 19.4. The van der Waals surface area contributed by atoms with Crippen LogP contribution in [0.3, 0.4) is 0 Å². The molecule has 106 valence electrons. The zero-order valence-electron chi connectivity index (χ0n) is 10.4. The molecule has 0 bridgehead atoms. The number of rotatable bonds is 3. The molecule has 0 spiro atoms. The summed E-state index contributed by atoms with van der Waals surface area (Å²) in [5.41, 5.74) is 2.95. The van der Waals surface area contributed by atoms with Crippen molar-refractivity contribution in [1.82, 2.24) is 15.4 Å². The van der Waals surface area contributed by atoms with Crippen LogP contribution in [0.5, 0.6) is 0 Å². The molecule has 1 aromatic heterocycles. The van der Waals surface area contributed by atoms with Gasteiger partial charge in [-0.3, -0.25) is 21.2 Å². The molecule has 1 saturated carbocycles. The Morgan fingerprint density at radius 2 is 2.00 bits per heavy atom. The van der Waals surface area contributed by atoms with E-state index in [1.54, 1.807) is 0 Å². The van der Waals surface area contributed by atoms with E-state index in [9.17, 15) is 13.2 Å². The summed E-state index contributed by atoms with van der Waals surface area (Å²) in [7, 11) is 0. The van der Waals surface area contributed by atoms with Gasteiger partial charge in [0.2, 0.25) is 0 Å². The summed E-state index contributed by atoms with van der Waals surface area (Å²) < 4.78 is 39.3. The van der Waals surface area contributed by atoms with E-state index in [-0.39, 0.29) is 6.42 Å². The normalized spacial score (nSPS) is 26.1. The first-order valence-electron chi connectivity index (χ1n) is 6.33. The molecule has 1 fully saturated rings. The molecule has 2 rings (SSSR count). The number of nitrogens with two attached hydrogens (primary N) is 1. The van der Waals surface area contributed by atoms with Crippen molar-refractivity contribution < 1.29 is 13.2 Å². The Balaban J connectivity index is 2.25. The van der Waals surface area contributed by atoms with Gasteiger partial charge < -0.3 is 0 Å². The minimum absolute atomic E-state index is 0.159. The standard InChI is InChI=1S/C12H17F3N4/c13-12(14,15)9-4-2-1-3-8(9)11(19-16)10-7-17-5-6-18-10/h5-9,11,19H,1-4,16H2. The van der Waals surface area contributed by atoms with Crippen LogP contribution in [0.2, 0.25) is 0 Å². The Kier molecular flexibility index (Phi) is 4.36. The summed E-state index contributed by atoms with van der Waals surface area (Å²) in [6.07, 6.45) is 2.27. The average molecular weight is 274 g/mol. The molecule has 1 aromatic rings. The minimum Gasteiger partial charge on any atom is -0.271 e. The molecular formula is C12H17F3N4. The summed E-state index contributed by atoms with van der Waals surface area (Å²) in [6, 6.07) is -0.611. The molecule has 3 unspecified atom stereocenters. The molecule has 0 aromatic carbocycles. The Labute approximate surface area is 109 Å². The summed E-state index contributed by atoms with van der Waals surface area (Å²) in [4.78, 5) is 7.97. The topological polar surface area (TPSA) is 63.8 Å². The summed E-state index contributed by atoms with van der Waals surface area (Å²) in [6.45, 7) is 0. The van der Waals surface area contributed by atoms with Crippen LogP contribution in [0, 0.1) is 11.8 Å². The van der Waals surface area contributed by atoms with Gasteiger partial charge in [-0.15, -0.1) is 0 Å². The summed E-state index contributed by atoms with van der Waals surface area (Å²) in [5, 5.41) is 0. The third-order valence-corrected chi connectivity index (χ3v) is 3.75. The number of halogens is 3. The predicted molar refractivity (Wildman–Crippen MR) is 63.6 cm³/mol. The first kappa shape index (κ1) is 14.2. The molecule has 3 N–H and O–H groups in total. The second kappa shape index (κ2) is 5.83. The highest BCUT2D eigenvalue weighted by molar-refractivity contribution is 5.06. The smallest absolute Gasteiger partial charge is 0.271 e. The van der Waals surface area contributed by atoms with E-state index in [0.717, 1.165) is 6.42 Å². The van der Waals surface area contributed by atoms with Gasteiger partial charge in [0.1, 0.15) is 0 Å². The lowest BCUT2D eigenvalue weighted by Crippen LogP contribution is -2.43. The van der Waals surface area contributed by atoms with Crippen molar-refractivity contribution in [3.8, 4) is 0 Å². The number of nitrogens with zero attached hydrogens (tertiary/aromatic N) is 2. The fourth-order valence-corrected chi connectivity index (χ4v) is 2.86. The summed E-state index contributed by atoms with van der Waals surface area (Å²) >= 11 is 0. The Hall–Kier alpha value is -1.21. The van der Waals surface area contributed by atoms with Crippen molar-refractivity contribution in [1.29, 1.82) is 0 Å². The van der Waals surface area contributed by atoms with Gasteiger partial charge in [-0.05, 0) is 18.8 Å². The second-order valence-electron chi connectivity index (χ2n) is 4.87. The van der Waals surface area contributed by atoms with Gasteiger partial charge in [0.15, 0.2) is 0 Å². The van der Waals surface area contributed by atoms with Gasteiger partial charge in [-0.2, -0.15) is 13.2 Å². The lowest BCUT2D eigenvalue weighted by atomic mass is 9.74. The first-order chi connectivity index (χ1) is 9.04. The van der Waals surface area contributed by atoms with Crippen molar-refractivity contribution >= 4 is 0 Å². The van der Waals surface area contributed by atoms with E-state index in [4.69, 9.17) is 5.84 Å². The van der Waals surface area contributed by atoms with Crippen LogP contribution in [0.4, 0.5) is 13.2 Å². The molecular weight excluding hydrogens is 257 g/mol. The molecule has 0 amide bonds. The fraction of sp³-hybridized carbons (Fsp3) is 0.667. The van der Waals surface area contributed by atoms with Crippen molar-refractivity contribution in [2.24, 2.45) is 17.7 Å². The number of alkyl halides is 3. The van der Waals surface area contributed by atoms with Crippen LogP contribution in [0.15, 0.2) is 18.6 Å². The van der Waals surface area contributed by atoms with Gasteiger partial charge in [-0.1, -0.05) is 12.8 Å². The SMILES string of the molecule is NNC(c1cnccn1)C1CCCCC1C(F)(F)F. The first-order valence-corrected chi connectivity index (χ1v) is 6.33. The van der Waals surface area contributed by atoms with Crippen molar-refractivity contribution in [3.05, 3.63) is 24.3 Å². The molecule has 1 heterocycles. The number of hydrogen-bond donors (Lipinski definition) is 2. The van der Waals surface area contributed by atoms with E-state index in [2.05, 4.69) is 15.4 Å². The van der Waals surface area contributed by atoms with Crippen LogP contribution >= 0.6 is 0 Å². The lowest BCUT2D eigenvalue weighted by Gasteiger charge is -2.37. The maximum Gasteiger partial charge on any atom is 0.392 e. The zero-order valence-corrected chi connectivity index (χ0v) is 10.4. The summed E-state index contributed by atoms with van der Waals surface area (Å²) in [5.74, 6) is 3.54. The van der Waals surface area contributed by atoms with E-state index >= 15 is 0 Å². The molecule has 7 heteroatoms. The van der Waals surface area contributed by atoms with Gasteiger partial charge in [0, 0.05) is 12.4 Å². The molecule has 1 aliphatic carbocycles. The molecule has 1 aliphatic rings. The van der Waals surface area contributed by atoms with Crippen LogP contribution in [0.25, 0.3) is 0 Å². The van der Waals surface area contributed by atoms with E-state index < -0.39 is 24.1 Å². The van der Waals surface area contributed by atoms with E-state index in [0.29, 0.717) is 18.5 Å². The number of hydrogen-bond acceptors (Lipinski definition) is 4. The number of hydrazine groups is 1. The van der Waals surface area contributed by atoms with Gasteiger partial charge >= 0.3 is 6.18 Å². The van der Waals surface area contributed by atoms with Crippen molar-refractivity contribution in [2.75, 3.05) is 0 Å². The third kappa shape index (κ3) is 3.22. The predicted octanol–water partition coefficient (Wildman–Crippen LogP) is 2.35. The van der Waals surface area contributed by atoms with E-state index in [1.165, 1.54) is 18.6 Å². The molecule has 4 nitrogen and oxygen atoms in total. The lowest BCUT2D eigenvalue weighted by molar-refractivity contribution is -0.199. The average Bonchev–Trinajstić information content (AvgIpc) is 2.40. The van der Waals surface area contributed by atoms with Crippen LogP contribution in [0.1, 0.15) is 37.4 Å².